The summed E-state index contributed by atoms with van der Waals surface area (Å²) in [5.74, 6) is 0.667. The quantitative estimate of drug-likeness (QED) is 0.789. The second-order valence-corrected chi connectivity index (χ2v) is 4.65. The maximum Gasteiger partial charge on any atom is 0.0955 e. The van der Waals surface area contributed by atoms with Crippen LogP contribution in [-0.4, -0.2) is 22.6 Å². The Kier molecular flexibility index (Phi) is 2.40. The molecular weight excluding hydrogens is 198 g/mol. The molecule has 0 amide bonds. The number of benzene rings is 1. The van der Waals surface area contributed by atoms with E-state index in [0.717, 1.165) is 12.1 Å². The van der Waals surface area contributed by atoms with Crippen LogP contribution in [0, 0.1) is 0 Å². The van der Waals surface area contributed by atoms with E-state index >= 15 is 0 Å². The summed E-state index contributed by atoms with van der Waals surface area (Å²) in [6.45, 7) is 2.28. The van der Waals surface area contributed by atoms with Gasteiger partial charge in [0.25, 0.3) is 0 Å². The van der Waals surface area contributed by atoms with E-state index in [-0.39, 0.29) is 0 Å². The third-order valence-corrected chi connectivity index (χ3v) is 3.52. The summed E-state index contributed by atoms with van der Waals surface area (Å²) >= 11 is 0. The van der Waals surface area contributed by atoms with Crippen LogP contribution in [-0.2, 0) is 7.05 Å². The number of fused-ring (bicyclic) bond motifs is 1. The van der Waals surface area contributed by atoms with E-state index < -0.39 is 0 Å². The molecule has 1 aliphatic heterocycles. The third kappa shape index (κ3) is 1.61. The van der Waals surface area contributed by atoms with Gasteiger partial charge in [0.1, 0.15) is 0 Å². The Morgan fingerprint density at radius 1 is 1.44 bits per heavy atom. The minimum atomic E-state index is 0.667. The summed E-state index contributed by atoms with van der Waals surface area (Å²) in [5.41, 5.74) is 3.76. The van der Waals surface area contributed by atoms with Crippen molar-refractivity contribution in [1.82, 2.24) is 14.9 Å². The van der Waals surface area contributed by atoms with Crippen LogP contribution in [0.15, 0.2) is 24.5 Å². The van der Waals surface area contributed by atoms with Gasteiger partial charge in [-0.1, -0.05) is 6.07 Å². The fourth-order valence-electron chi connectivity index (χ4n) is 2.54. The van der Waals surface area contributed by atoms with Gasteiger partial charge >= 0.3 is 0 Å². The number of aryl methyl sites for hydroxylation is 1. The number of aromatic nitrogens is 2. The molecule has 2 heterocycles. The molecule has 1 saturated heterocycles. The van der Waals surface area contributed by atoms with Gasteiger partial charge in [0.2, 0.25) is 0 Å². The number of nitrogens with zero attached hydrogens (tertiary/aromatic N) is 2. The average molecular weight is 215 g/mol. The normalized spacial score (nSPS) is 21.4. The van der Waals surface area contributed by atoms with E-state index in [1.54, 1.807) is 0 Å². The molecule has 0 bridgehead atoms. The van der Waals surface area contributed by atoms with Crippen molar-refractivity contribution < 1.29 is 0 Å². The van der Waals surface area contributed by atoms with E-state index in [4.69, 9.17) is 0 Å². The Bertz CT molecular complexity index is 495. The fraction of sp³-hybridized carbons (Fsp3) is 0.462. The van der Waals surface area contributed by atoms with Crippen molar-refractivity contribution in [3.05, 3.63) is 30.1 Å². The summed E-state index contributed by atoms with van der Waals surface area (Å²) in [7, 11) is 2.04. The number of nitrogens with one attached hydrogen (secondary N) is 1. The van der Waals surface area contributed by atoms with E-state index in [2.05, 4.69) is 33.1 Å². The van der Waals surface area contributed by atoms with Crippen molar-refractivity contribution in [2.24, 2.45) is 7.05 Å². The van der Waals surface area contributed by atoms with Crippen molar-refractivity contribution in [3.63, 3.8) is 0 Å². The molecule has 0 spiro atoms. The van der Waals surface area contributed by atoms with Gasteiger partial charge < -0.3 is 9.88 Å². The Balaban J connectivity index is 1.97. The summed E-state index contributed by atoms with van der Waals surface area (Å²) in [5, 5.41) is 3.46. The highest BCUT2D eigenvalue weighted by Crippen LogP contribution is 2.25. The zero-order valence-corrected chi connectivity index (χ0v) is 9.61. The molecule has 1 aromatic carbocycles. The zero-order chi connectivity index (χ0) is 11.0. The Hall–Kier alpha value is -1.35. The number of rotatable bonds is 1. The van der Waals surface area contributed by atoms with Crippen LogP contribution in [0.1, 0.15) is 24.3 Å². The van der Waals surface area contributed by atoms with Crippen molar-refractivity contribution in [1.29, 1.82) is 0 Å². The Labute approximate surface area is 95.5 Å². The Morgan fingerprint density at radius 3 is 3.19 bits per heavy atom. The molecule has 16 heavy (non-hydrogen) atoms. The minimum Gasteiger partial charge on any atom is -0.334 e. The van der Waals surface area contributed by atoms with E-state index in [9.17, 15) is 0 Å². The molecule has 1 unspecified atom stereocenters. The minimum absolute atomic E-state index is 0.667. The molecule has 1 aromatic heterocycles. The van der Waals surface area contributed by atoms with E-state index in [1.807, 2.05) is 13.4 Å². The molecule has 3 rings (SSSR count). The number of piperidine rings is 1. The predicted octanol–water partition coefficient (Wildman–Crippen LogP) is 2.04. The second-order valence-electron chi connectivity index (χ2n) is 4.65. The first kappa shape index (κ1) is 9.85. The van der Waals surface area contributed by atoms with Gasteiger partial charge in [0.05, 0.1) is 17.4 Å². The predicted molar refractivity (Wildman–Crippen MR) is 65.6 cm³/mol. The van der Waals surface area contributed by atoms with E-state index in [0.29, 0.717) is 5.92 Å². The maximum absolute atomic E-state index is 4.42. The van der Waals surface area contributed by atoms with Crippen molar-refractivity contribution in [3.8, 4) is 0 Å². The fourth-order valence-corrected chi connectivity index (χ4v) is 2.54. The summed E-state index contributed by atoms with van der Waals surface area (Å²) < 4.78 is 2.07. The standard InChI is InChI=1S/C13H17N3/c1-16-9-15-12-7-10(4-5-13(12)16)11-3-2-6-14-8-11/h4-5,7,9,11,14H,2-3,6,8H2,1H3. The molecule has 0 radical (unpaired) electrons. The average Bonchev–Trinajstić information content (AvgIpc) is 2.72. The Morgan fingerprint density at radius 2 is 2.38 bits per heavy atom. The highest BCUT2D eigenvalue weighted by atomic mass is 15.0. The first-order valence-electron chi connectivity index (χ1n) is 5.96. The maximum atomic E-state index is 4.42. The summed E-state index contributed by atoms with van der Waals surface area (Å²) in [4.78, 5) is 4.42. The van der Waals surface area contributed by atoms with Crippen LogP contribution >= 0.6 is 0 Å². The second kappa shape index (κ2) is 3.91. The van der Waals surface area contributed by atoms with Crippen molar-refractivity contribution >= 4 is 11.0 Å². The third-order valence-electron chi connectivity index (χ3n) is 3.52. The molecule has 2 aromatic rings. The van der Waals surface area contributed by atoms with Gasteiger partial charge in [-0.05, 0) is 43.0 Å². The number of hydrogen-bond donors (Lipinski definition) is 1. The monoisotopic (exact) mass is 215 g/mol. The van der Waals surface area contributed by atoms with Crippen molar-refractivity contribution in [2.75, 3.05) is 13.1 Å². The van der Waals surface area contributed by atoms with Gasteiger partial charge in [-0.2, -0.15) is 0 Å². The van der Waals surface area contributed by atoms with Gasteiger partial charge in [0, 0.05) is 13.6 Å². The summed E-state index contributed by atoms with van der Waals surface area (Å²) in [6, 6.07) is 6.68. The van der Waals surface area contributed by atoms with Crippen LogP contribution in [0.3, 0.4) is 0 Å². The largest absolute Gasteiger partial charge is 0.334 e. The van der Waals surface area contributed by atoms with Crippen LogP contribution in [0.25, 0.3) is 11.0 Å². The highest BCUT2D eigenvalue weighted by Gasteiger charge is 2.15. The molecule has 3 heteroatoms. The molecule has 0 saturated carbocycles. The van der Waals surface area contributed by atoms with Gasteiger partial charge in [-0.25, -0.2) is 4.98 Å². The molecule has 1 N–H and O–H groups in total. The molecule has 1 atom stereocenters. The molecule has 84 valence electrons. The zero-order valence-electron chi connectivity index (χ0n) is 9.61. The number of hydrogen-bond acceptors (Lipinski definition) is 2. The van der Waals surface area contributed by atoms with Crippen molar-refractivity contribution in [2.45, 2.75) is 18.8 Å². The van der Waals surface area contributed by atoms with Gasteiger partial charge in [0.15, 0.2) is 0 Å². The SMILES string of the molecule is Cn1cnc2cc(C3CCCNC3)ccc21. The van der Waals surface area contributed by atoms with Crippen LogP contribution in [0.4, 0.5) is 0 Å². The topological polar surface area (TPSA) is 29.9 Å². The lowest BCUT2D eigenvalue weighted by atomic mass is 9.91. The lowest BCUT2D eigenvalue weighted by Crippen LogP contribution is -2.28. The lowest BCUT2D eigenvalue weighted by molar-refractivity contribution is 0.462. The molecule has 1 aliphatic rings. The van der Waals surface area contributed by atoms with Gasteiger partial charge in [-0.3, -0.25) is 0 Å². The van der Waals surface area contributed by atoms with Crippen LogP contribution in [0.2, 0.25) is 0 Å². The van der Waals surface area contributed by atoms with Crippen LogP contribution in [0.5, 0.6) is 0 Å². The highest BCUT2D eigenvalue weighted by molar-refractivity contribution is 5.76. The first-order valence-corrected chi connectivity index (χ1v) is 5.96. The first-order chi connectivity index (χ1) is 7.84. The summed E-state index contributed by atoms with van der Waals surface area (Å²) in [6.07, 6.45) is 4.46. The van der Waals surface area contributed by atoms with Gasteiger partial charge in [-0.15, -0.1) is 0 Å². The molecule has 3 nitrogen and oxygen atoms in total. The van der Waals surface area contributed by atoms with Crippen LogP contribution < -0.4 is 5.32 Å². The molecule has 1 fully saturated rings. The van der Waals surface area contributed by atoms with E-state index in [1.165, 1.54) is 30.5 Å². The smallest absolute Gasteiger partial charge is 0.0955 e. The number of imidazole rings is 1. The lowest BCUT2D eigenvalue weighted by Gasteiger charge is -2.23. The molecule has 0 aliphatic carbocycles. The molecular formula is C13H17N3.